The molecule has 1 aliphatic heterocycles. The number of ether oxygens (including phenoxy) is 1. The van der Waals surface area contributed by atoms with E-state index in [1.165, 1.54) is 12.8 Å². The van der Waals surface area contributed by atoms with E-state index in [1.807, 2.05) is 31.3 Å². The molecule has 5 heteroatoms. The van der Waals surface area contributed by atoms with Crippen molar-refractivity contribution in [3.05, 3.63) is 18.0 Å². The minimum Gasteiger partial charge on any atom is -0.378 e. The summed E-state index contributed by atoms with van der Waals surface area (Å²) < 4.78 is 5.86. The van der Waals surface area contributed by atoms with Crippen molar-refractivity contribution in [3.8, 4) is 0 Å². The molecule has 1 N–H and O–H groups in total. The molecule has 0 unspecified atom stereocenters. The van der Waals surface area contributed by atoms with Gasteiger partial charge < -0.3 is 15.0 Å². The van der Waals surface area contributed by atoms with E-state index in [2.05, 4.69) is 15.3 Å². The molecule has 0 radical (unpaired) electrons. The molecule has 3 rings (SSSR count). The van der Waals surface area contributed by atoms with E-state index in [1.54, 1.807) is 0 Å². The fourth-order valence-electron chi connectivity index (χ4n) is 2.76. The van der Waals surface area contributed by atoms with Crippen LogP contribution < -0.4 is 10.2 Å². The molecule has 110 valence electrons. The summed E-state index contributed by atoms with van der Waals surface area (Å²) in [5.74, 6) is 1.60. The zero-order valence-electron chi connectivity index (χ0n) is 12.4. The van der Waals surface area contributed by atoms with Crippen LogP contribution in [0.5, 0.6) is 0 Å². The van der Waals surface area contributed by atoms with Gasteiger partial charge in [0.25, 0.3) is 0 Å². The summed E-state index contributed by atoms with van der Waals surface area (Å²) in [5, 5.41) is 3.63. The second-order valence-corrected chi connectivity index (χ2v) is 6.09. The van der Waals surface area contributed by atoms with Crippen LogP contribution in [0.25, 0.3) is 0 Å². The lowest BCUT2D eigenvalue weighted by atomic mass is 10.00. The molecule has 1 saturated heterocycles. The molecule has 1 aliphatic carbocycles. The van der Waals surface area contributed by atoms with Gasteiger partial charge in [0.05, 0.1) is 11.8 Å². The third kappa shape index (κ3) is 3.46. The van der Waals surface area contributed by atoms with Gasteiger partial charge >= 0.3 is 0 Å². The lowest BCUT2D eigenvalue weighted by molar-refractivity contribution is -0.0113. The number of nitrogens with zero attached hydrogens (tertiary/aromatic N) is 3. The molecular weight excluding hydrogens is 252 g/mol. The van der Waals surface area contributed by atoms with Crippen LogP contribution in [0.3, 0.4) is 0 Å². The van der Waals surface area contributed by atoms with Crippen molar-refractivity contribution in [2.45, 2.75) is 44.4 Å². The predicted octanol–water partition coefficient (Wildman–Crippen LogP) is 1.59. The largest absolute Gasteiger partial charge is 0.378 e. The van der Waals surface area contributed by atoms with Crippen molar-refractivity contribution in [2.24, 2.45) is 5.92 Å². The monoisotopic (exact) mass is 276 g/mol. The highest BCUT2D eigenvalue weighted by molar-refractivity contribution is 5.27. The van der Waals surface area contributed by atoms with Crippen LogP contribution in [-0.2, 0) is 11.3 Å². The summed E-state index contributed by atoms with van der Waals surface area (Å²) in [5.41, 5.74) is 1.05. The minimum absolute atomic E-state index is 0.490. The molecule has 0 bridgehead atoms. The van der Waals surface area contributed by atoms with E-state index in [0.717, 1.165) is 43.6 Å². The van der Waals surface area contributed by atoms with Crippen molar-refractivity contribution >= 4 is 5.95 Å². The number of rotatable bonds is 5. The van der Waals surface area contributed by atoms with Gasteiger partial charge in [0.1, 0.15) is 0 Å². The molecule has 20 heavy (non-hydrogen) atoms. The molecule has 1 aromatic heterocycles. The first-order chi connectivity index (χ1) is 9.72. The van der Waals surface area contributed by atoms with Crippen LogP contribution in [-0.4, -0.2) is 42.8 Å². The molecule has 2 fully saturated rings. The second kappa shape index (κ2) is 6.06. The van der Waals surface area contributed by atoms with Gasteiger partial charge in [-0.2, -0.15) is 0 Å². The maximum absolute atomic E-state index is 5.86. The molecule has 2 heterocycles. The molecule has 5 nitrogen and oxygen atoms in total. The van der Waals surface area contributed by atoms with Crippen molar-refractivity contribution < 1.29 is 4.74 Å². The van der Waals surface area contributed by atoms with E-state index >= 15 is 0 Å². The van der Waals surface area contributed by atoms with Crippen LogP contribution in [0.4, 0.5) is 5.95 Å². The Labute approximate surface area is 120 Å². The summed E-state index contributed by atoms with van der Waals surface area (Å²) in [6.07, 6.45) is 7.29. The summed E-state index contributed by atoms with van der Waals surface area (Å²) in [6, 6.07) is 2.55. The molecule has 2 atom stereocenters. The third-order valence-corrected chi connectivity index (χ3v) is 4.14. The van der Waals surface area contributed by atoms with Gasteiger partial charge in [-0.25, -0.2) is 9.97 Å². The Morgan fingerprint density at radius 2 is 2.20 bits per heavy atom. The average molecular weight is 276 g/mol. The smallest absolute Gasteiger partial charge is 0.225 e. The van der Waals surface area contributed by atoms with E-state index in [0.29, 0.717) is 12.1 Å². The third-order valence-electron chi connectivity index (χ3n) is 4.14. The molecule has 1 aromatic rings. The molecule has 2 aliphatic rings. The van der Waals surface area contributed by atoms with Gasteiger partial charge in [-0.05, 0) is 37.7 Å². The van der Waals surface area contributed by atoms with Gasteiger partial charge in [-0.3, -0.25) is 0 Å². The zero-order chi connectivity index (χ0) is 13.9. The predicted molar refractivity (Wildman–Crippen MR) is 78.7 cm³/mol. The first-order valence-corrected chi connectivity index (χ1v) is 7.56. The number of hydrogen-bond donors (Lipinski definition) is 1. The fourth-order valence-corrected chi connectivity index (χ4v) is 2.76. The summed E-state index contributed by atoms with van der Waals surface area (Å²) in [4.78, 5) is 10.7. The zero-order valence-corrected chi connectivity index (χ0v) is 12.4. The van der Waals surface area contributed by atoms with Gasteiger partial charge in [0.2, 0.25) is 5.95 Å². The van der Waals surface area contributed by atoms with Gasteiger partial charge in [-0.15, -0.1) is 0 Å². The molecule has 0 spiro atoms. The van der Waals surface area contributed by atoms with Gasteiger partial charge in [-0.1, -0.05) is 0 Å². The maximum atomic E-state index is 5.86. The highest BCUT2D eigenvalue weighted by atomic mass is 16.5. The van der Waals surface area contributed by atoms with Crippen molar-refractivity contribution in [1.29, 1.82) is 0 Å². The summed E-state index contributed by atoms with van der Waals surface area (Å²) in [6.45, 7) is 1.71. The van der Waals surface area contributed by atoms with Crippen LogP contribution >= 0.6 is 0 Å². The number of nitrogens with one attached hydrogen (secondary N) is 1. The van der Waals surface area contributed by atoms with Crippen LogP contribution in [0, 0.1) is 5.92 Å². The highest BCUT2D eigenvalue weighted by Gasteiger charge is 2.35. The lowest BCUT2D eigenvalue weighted by Crippen LogP contribution is -2.39. The van der Waals surface area contributed by atoms with E-state index in [4.69, 9.17) is 4.74 Å². The SMILES string of the molecule is CN(C)c1nccc(CN[C@H]2CCO[C@@H](C3CC3)C2)n1. The Balaban J connectivity index is 1.52. The quantitative estimate of drug-likeness (QED) is 0.885. The van der Waals surface area contributed by atoms with Crippen LogP contribution in [0.2, 0.25) is 0 Å². The molecule has 1 saturated carbocycles. The summed E-state index contributed by atoms with van der Waals surface area (Å²) in [7, 11) is 3.93. The Morgan fingerprint density at radius 1 is 1.35 bits per heavy atom. The molecule has 0 amide bonds. The standard InChI is InChI=1S/C15H24N4O/c1-19(2)15-16-7-5-13(18-15)10-17-12-6-8-20-14(9-12)11-3-4-11/h5,7,11-12,14,17H,3-4,6,8-10H2,1-2H3/t12-,14+/m0/s1. The van der Waals surface area contributed by atoms with Crippen molar-refractivity contribution in [3.63, 3.8) is 0 Å². The number of aromatic nitrogens is 2. The number of anilines is 1. The number of hydrogen-bond acceptors (Lipinski definition) is 5. The second-order valence-electron chi connectivity index (χ2n) is 6.09. The van der Waals surface area contributed by atoms with Gasteiger partial charge in [0, 0.05) is 39.5 Å². The Bertz CT molecular complexity index is 447. The fraction of sp³-hybridized carbons (Fsp3) is 0.733. The van der Waals surface area contributed by atoms with Crippen molar-refractivity contribution in [2.75, 3.05) is 25.6 Å². The van der Waals surface area contributed by atoms with Gasteiger partial charge in [0.15, 0.2) is 0 Å². The normalized spacial score (nSPS) is 26.5. The molecule has 0 aromatic carbocycles. The van der Waals surface area contributed by atoms with E-state index < -0.39 is 0 Å². The average Bonchev–Trinajstić information content (AvgIpc) is 3.30. The maximum Gasteiger partial charge on any atom is 0.225 e. The van der Waals surface area contributed by atoms with Crippen molar-refractivity contribution in [1.82, 2.24) is 15.3 Å². The van der Waals surface area contributed by atoms with E-state index in [-0.39, 0.29) is 0 Å². The highest BCUT2D eigenvalue weighted by Crippen LogP contribution is 2.38. The Morgan fingerprint density at radius 3 is 2.95 bits per heavy atom. The summed E-state index contributed by atoms with van der Waals surface area (Å²) >= 11 is 0. The first kappa shape index (κ1) is 13.8. The topological polar surface area (TPSA) is 50.3 Å². The lowest BCUT2D eigenvalue weighted by Gasteiger charge is -2.30. The van der Waals surface area contributed by atoms with Crippen LogP contribution in [0.15, 0.2) is 12.3 Å². The Hall–Kier alpha value is -1.20. The molecular formula is C15H24N4O. The first-order valence-electron chi connectivity index (χ1n) is 7.56. The minimum atomic E-state index is 0.490. The van der Waals surface area contributed by atoms with Crippen LogP contribution in [0.1, 0.15) is 31.4 Å². The Kier molecular flexibility index (Phi) is 4.17. The van der Waals surface area contributed by atoms with E-state index in [9.17, 15) is 0 Å².